The van der Waals surface area contributed by atoms with Crippen molar-refractivity contribution < 1.29 is 0 Å². The zero-order valence-corrected chi connectivity index (χ0v) is 12.9. The van der Waals surface area contributed by atoms with Crippen LogP contribution in [0.3, 0.4) is 0 Å². The van der Waals surface area contributed by atoms with Crippen molar-refractivity contribution in [3.05, 3.63) is 83.9 Å². The van der Waals surface area contributed by atoms with E-state index in [1.165, 1.54) is 16.7 Å². The van der Waals surface area contributed by atoms with E-state index in [9.17, 15) is 0 Å². The van der Waals surface area contributed by atoms with Crippen LogP contribution in [0.15, 0.2) is 60.7 Å². The minimum Gasteiger partial charge on any atom is -0.0838 e. The molecule has 2 atom stereocenters. The molecule has 2 aromatic carbocycles. The van der Waals surface area contributed by atoms with E-state index in [4.69, 9.17) is 0 Å². The molecule has 0 bridgehead atoms. The highest BCUT2D eigenvalue weighted by Gasteiger charge is 2.23. The first kappa shape index (κ1) is 13.2. The van der Waals surface area contributed by atoms with E-state index < -0.39 is 0 Å². The summed E-state index contributed by atoms with van der Waals surface area (Å²) in [5.41, 5.74) is 4.95. The fourth-order valence-corrected chi connectivity index (χ4v) is 3.07. The largest absolute Gasteiger partial charge is 0.0838 e. The van der Waals surface area contributed by atoms with Crippen LogP contribution in [0.25, 0.3) is 11.1 Å². The molecule has 20 heavy (non-hydrogen) atoms. The molecule has 2 aromatic rings. The number of alkyl halides is 1. The second-order valence-electron chi connectivity index (χ2n) is 5.03. The molecule has 0 radical (unpaired) electrons. The number of benzene rings is 1. The summed E-state index contributed by atoms with van der Waals surface area (Å²) in [6, 6.07) is 22.8. The third-order valence-electron chi connectivity index (χ3n) is 3.69. The third kappa shape index (κ3) is 2.57. The van der Waals surface area contributed by atoms with Gasteiger partial charge in [-0.3, -0.25) is 0 Å². The van der Waals surface area contributed by atoms with Gasteiger partial charge in [0.05, 0.1) is 0 Å². The van der Waals surface area contributed by atoms with Gasteiger partial charge < -0.3 is 0 Å². The molecule has 2 unspecified atom stereocenters. The minimum atomic E-state index is 0.339. The summed E-state index contributed by atoms with van der Waals surface area (Å²) in [6.45, 7) is 2.26. The molecule has 0 saturated heterocycles. The van der Waals surface area contributed by atoms with Gasteiger partial charge in [-0.1, -0.05) is 77.5 Å². The van der Waals surface area contributed by atoms with E-state index in [0.717, 1.165) is 5.56 Å². The van der Waals surface area contributed by atoms with Gasteiger partial charge >= 0.3 is 0 Å². The van der Waals surface area contributed by atoms with E-state index >= 15 is 0 Å². The van der Waals surface area contributed by atoms with Gasteiger partial charge in [0, 0.05) is 10.4 Å². The Hall–Kier alpha value is -1.78. The molecule has 0 N–H and O–H groups in total. The highest BCUT2D eigenvalue weighted by Crippen LogP contribution is 2.37. The molecule has 0 aliphatic heterocycles. The van der Waals surface area contributed by atoms with Gasteiger partial charge in [-0.05, 0) is 40.8 Å². The maximum absolute atomic E-state index is 3.79. The number of halogens is 1. The number of allylic oxidation sites excluding steroid dienone is 4. The maximum Gasteiger partial charge on any atom is 0.0400 e. The van der Waals surface area contributed by atoms with Crippen molar-refractivity contribution >= 4 is 27.1 Å². The summed E-state index contributed by atoms with van der Waals surface area (Å²) in [5, 5.41) is 0. The Balaban J connectivity index is 2.05. The molecule has 3 rings (SSSR count). The van der Waals surface area contributed by atoms with Gasteiger partial charge in [0.1, 0.15) is 0 Å². The Labute approximate surface area is 129 Å². The smallest absolute Gasteiger partial charge is 0.0400 e. The number of rotatable bonds is 2. The lowest BCUT2D eigenvalue weighted by Crippen LogP contribution is -2.14. The molecule has 98 valence electrons. The fourth-order valence-electron chi connectivity index (χ4n) is 2.50. The fraction of sp³-hybridized carbons (Fsp3) is 0.158. The van der Waals surface area contributed by atoms with Crippen molar-refractivity contribution in [1.29, 1.82) is 0 Å². The van der Waals surface area contributed by atoms with Crippen molar-refractivity contribution in [2.45, 2.75) is 11.8 Å². The standard InChI is InChI=1S/C19H15Br/c1-14-18(16-10-6-3-7-11-16)12-17(13-19(14)20)15-8-4-2-5-9-15/h2-4,6-8,10-14,19H,1H3. The van der Waals surface area contributed by atoms with Crippen molar-refractivity contribution in [3.63, 3.8) is 0 Å². The van der Waals surface area contributed by atoms with Gasteiger partial charge in [-0.2, -0.15) is 0 Å². The third-order valence-corrected chi connectivity index (χ3v) is 4.74. The van der Waals surface area contributed by atoms with Crippen LogP contribution in [0.5, 0.6) is 0 Å². The molecule has 0 amide bonds. The van der Waals surface area contributed by atoms with Crippen LogP contribution < -0.4 is 0 Å². The summed E-state index contributed by atoms with van der Waals surface area (Å²) in [7, 11) is 0. The van der Waals surface area contributed by atoms with E-state index in [1.54, 1.807) is 0 Å². The molecule has 0 aromatic heterocycles. The molecule has 0 nitrogen and oxygen atoms in total. The summed E-state index contributed by atoms with van der Waals surface area (Å²) in [6.07, 6.45) is 4.54. The number of hydrogen-bond donors (Lipinski definition) is 0. The summed E-state index contributed by atoms with van der Waals surface area (Å²) < 4.78 is 0. The lowest BCUT2D eigenvalue weighted by atomic mass is 9.84. The van der Waals surface area contributed by atoms with Crippen LogP contribution in [0, 0.1) is 18.1 Å². The van der Waals surface area contributed by atoms with Crippen molar-refractivity contribution in [3.8, 4) is 0 Å². The van der Waals surface area contributed by atoms with E-state index in [-0.39, 0.29) is 0 Å². The zero-order chi connectivity index (χ0) is 13.9. The summed E-state index contributed by atoms with van der Waals surface area (Å²) in [5.74, 6) is 0.453. The quantitative estimate of drug-likeness (QED) is 0.669. The normalized spacial score (nSPS) is 21.7. The Kier molecular flexibility index (Phi) is 3.76. The topological polar surface area (TPSA) is 0 Å². The van der Waals surface area contributed by atoms with E-state index in [0.29, 0.717) is 10.7 Å². The average molecular weight is 323 g/mol. The summed E-state index contributed by atoms with van der Waals surface area (Å²) in [4.78, 5) is 0.339. The molecular weight excluding hydrogens is 308 g/mol. The van der Waals surface area contributed by atoms with Crippen LogP contribution in [-0.4, -0.2) is 4.83 Å². The van der Waals surface area contributed by atoms with Crippen LogP contribution in [0.1, 0.15) is 18.1 Å². The van der Waals surface area contributed by atoms with Crippen LogP contribution in [0.2, 0.25) is 0 Å². The first-order valence-electron chi connectivity index (χ1n) is 6.77. The van der Waals surface area contributed by atoms with Crippen LogP contribution in [-0.2, 0) is 0 Å². The van der Waals surface area contributed by atoms with Gasteiger partial charge in [-0.15, -0.1) is 0 Å². The lowest BCUT2D eigenvalue weighted by molar-refractivity contribution is 0.786. The molecule has 0 heterocycles. The predicted octanol–water partition coefficient (Wildman–Crippen LogP) is 5.17. The lowest BCUT2D eigenvalue weighted by Gasteiger charge is -2.25. The Morgan fingerprint density at radius 2 is 1.85 bits per heavy atom. The molecule has 1 aliphatic carbocycles. The van der Waals surface area contributed by atoms with E-state index in [1.807, 2.05) is 12.1 Å². The second-order valence-corrected chi connectivity index (χ2v) is 6.09. The van der Waals surface area contributed by atoms with Crippen LogP contribution >= 0.6 is 15.9 Å². The molecular formula is C19H15Br. The van der Waals surface area contributed by atoms with E-state index in [2.05, 4.69) is 83.5 Å². The molecule has 1 aliphatic rings. The Bertz CT molecular complexity index is 638. The molecule has 0 fully saturated rings. The minimum absolute atomic E-state index is 0.339. The highest BCUT2D eigenvalue weighted by atomic mass is 79.9. The van der Waals surface area contributed by atoms with Crippen molar-refractivity contribution in [1.82, 2.24) is 0 Å². The zero-order valence-electron chi connectivity index (χ0n) is 11.3. The SMILES string of the molecule is CC1C(c2ccccc2)=CC(c2c#cccc2)=CC1Br. The molecule has 0 saturated carbocycles. The molecule has 0 spiro atoms. The monoisotopic (exact) mass is 322 g/mol. The van der Waals surface area contributed by atoms with Gasteiger partial charge in [0.15, 0.2) is 0 Å². The second kappa shape index (κ2) is 5.69. The highest BCUT2D eigenvalue weighted by molar-refractivity contribution is 9.09. The average Bonchev–Trinajstić information content (AvgIpc) is 2.51. The predicted molar refractivity (Wildman–Crippen MR) is 88.4 cm³/mol. The molecule has 1 heteroatoms. The first-order valence-corrected chi connectivity index (χ1v) is 7.69. The summed E-state index contributed by atoms with van der Waals surface area (Å²) >= 11 is 3.79. The van der Waals surface area contributed by atoms with Gasteiger partial charge in [-0.25, -0.2) is 0 Å². The van der Waals surface area contributed by atoms with Crippen molar-refractivity contribution in [2.75, 3.05) is 0 Å². The van der Waals surface area contributed by atoms with Crippen molar-refractivity contribution in [2.24, 2.45) is 5.92 Å². The number of hydrogen-bond acceptors (Lipinski definition) is 0. The Morgan fingerprint density at radius 3 is 2.55 bits per heavy atom. The first-order chi connectivity index (χ1) is 9.75. The van der Waals surface area contributed by atoms with Crippen LogP contribution in [0.4, 0.5) is 0 Å². The van der Waals surface area contributed by atoms with Gasteiger partial charge in [0.25, 0.3) is 0 Å². The van der Waals surface area contributed by atoms with Gasteiger partial charge in [0.2, 0.25) is 0 Å². The Morgan fingerprint density at radius 1 is 1.05 bits per heavy atom. The maximum atomic E-state index is 3.79.